The smallest absolute Gasteiger partial charge is 0.231 e. The van der Waals surface area contributed by atoms with E-state index in [1.54, 1.807) is 0 Å². The Morgan fingerprint density at radius 2 is 2.18 bits per heavy atom. The van der Waals surface area contributed by atoms with Gasteiger partial charge >= 0.3 is 0 Å². The molecule has 0 spiro atoms. The average Bonchev–Trinajstić information content (AvgIpc) is 2.39. The molecule has 1 amide bonds. The molecular weight excluding hydrogens is 216 g/mol. The van der Waals surface area contributed by atoms with E-state index in [1.807, 2.05) is 39.0 Å². The molecule has 2 rings (SSSR count). The van der Waals surface area contributed by atoms with E-state index in [9.17, 15) is 4.79 Å². The SMILES string of the molecule is CCOc1cccc2c1NC(=O)C(C)(C)CN2. The molecule has 4 nitrogen and oxygen atoms in total. The number of hydrogen-bond acceptors (Lipinski definition) is 3. The van der Waals surface area contributed by atoms with E-state index < -0.39 is 5.41 Å². The van der Waals surface area contributed by atoms with Crippen LogP contribution in [0, 0.1) is 5.41 Å². The average molecular weight is 234 g/mol. The van der Waals surface area contributed by atoms with Gasteiger partial charge in [0, 0.05) is 6.54 Å². The maximum Gasteiger partial charge on any atom is 0.231 e. The Balaban J connectivity index is 2.40. The molecule has 0 atom stereocenters. The number of para-hydroxylation sites is 1. The molecule has 92 valence electrons. The Labute approximate surface area is 101 Å². The predicted molar refractivity (Wildman–Crippen MR) is 68.5 cm³/mol. The molecule has 0 saturated carbocycles. The van der Waals surface area contributed by atoms with Gasteiger partial charge in [-0.1, -0.05) is 6.07 Å². The number of hydrogen-bond donors (Lipinski definition) is 2. The lowest BCUT2D eigenvalue weighted by Crippen LogP contribution is -2.34. The van der Waals surface area contributed by atoms with E-state index in [2.05, 4.69) is 10.6 Å². The lowest BCUT2D eigenvalue weighted by Gasteiger charge is -2.19. The highest BCUT2D eigenvalue weighted by Gasteiger charge is 2.31. The Hall–Kier alpha value is -1.71. The fourth-order valence-corrected chi connectivity index (χ4v) is 1.76. The van der Waals surface area contributed by atoms with Crippen LogP contribution >= 0.6 is 0 Å². The first-order valence-electron chi connectivity index (χ1n) is 5.86. The molecule has 1 aliphatic rings. The number of anilines is 2. The highest BCUT2D eigenvalue weighted by molar-refractivity contribution is 6.01. The van der Waals surface area contributed by atoms with Crippen molar-refractivity contribution in [1.82, 2.24) is 0 Å². The molecule has 4 heteroatoms. The van der Waals surface area contributed by atoms with Crippen LogP contribution < -0.4 is 15.4 Å². The van der Waals surface area contributed by atoms with Crippen LogP contribution in [-0.2, 0) is 4.79 Å². The van der Waals surface area contributed by atoms with Gasteiger partial charge in [-0.15, -0.1) is 0 Å². The lowest BCUT2D eigenvalue weighted by atomic mass is 9.93. The van der Waals surface area contributed by atoms with Crippen molar-refractivity contribution >= 4 is 17.3 Å². The second-order valence-corrected chi connectivity index (χ2v) is 4.80. The molecule has 1 aromatic carbocycles. The van der Waals surface area contributed by atoms with E-state index in [0.717, 1.165) is 11.4 Å². The summed E-state index contributed by atoms with van der Waals surface area (Å²) in [6.45, 7) is 6.95. The van der Waals surface area contributed by atoms with Crippen LogP contribution in [-0.4, -0.2) is 19.1 Å². The van der Waals surface area contributed by atoms with E-state index in [-0.39, 0.29) is 5.91 Å². The quantitative estimate of drug-likeness (QED) is 0.826. The topological polar surface area (TPSA) is 50.4 Å². The molecule has 0 bridgehead atoms. The summed E-state index contributed by atoms with van der Waals surface area (Å²) in [7, 11) is 0. The van der Waals surface area contributed by atoms with Crippen molar-refractivity contribution in [3.63, 3.8) is 0 Å². The number of carbonyl (C=O) groups excluding carboxylic acids is 1. The van der Waals surface area contributed by atoms with Crippen LogP contribution in [0.25, 0.3) is 0 Å². The van der Waals surface area contributed by atoms with Crippen molar-refractivity contribution in [3.8, 4) is 5.75 Å². The van der Waals surface area contributed by atoms with Gasteiger partial charge in [0.2, 0.25) is 5.91 Å². The second kappa shape index (κ2) is 4.28. The van der Waals surface area contributed by atoms with Gasteiger partial charge in [0.15, 0.2) is 0 Å². The first kappa shape index (κ1) is 11.8. The van der Waals surface area contributed by atoms with Crippen molar-refractivity contribution in [1.29, 1.82) is 0 Å². The molecule has 0 fully saturated rings. The number of amides is 1. The van der Waals surface area contributed by atoms with E-state index in [0.29, 0.717) is 18.9 Å². The molecule has 17 heavy (non-hydrogen) atoms. The van der Waals surface area contributed by atoms with Crippen molar-refractivity contribution in [2.75, 3.05) is 23.8 Å². The van der Waals surface area contributed by atoms with Gasteiger partial charge in [0.1, 0.15) is 11.4 Å². The van der Waals surface area contributed by atoms with Crippen molar-refractivity contribution in [2.45, 2.75) is 20.8 Å². The number of nitrogens with one attached hydrogen (secondary N) is 2. The third-order valence-electron chi connectivity index (χ3n) is 2.90. The Kier molecular flexibility index (Phi) is 2.96. The fourth-order valence-electron chi connectivity index (χ4n) is 1.76. The van der Waals surface area contributed by atoms with Gasteiger partial charge in [-0.05, 0) is 32.9 Å². The minimum atomic E-state index is -0.428. The summed E-state index contributed by atoms with van der Waals surface area (Å²) in [5, 5.41) is 6.22. The zero-order valence-corrected chi connectivity index (χ0v) is 10.5. The van der Waals surface area contributed by atoms with Crippen LogP contribution in [0.15, 0.2) is 18.2 Å². The summed E-state index contributed by atoms with van der Waals surface area (Å²) >= 11 is 0. The van der Waals surface area contributed by atoms with Crippen molar-refractivity contribution in [2.24, 2.45) is 5.41 Å². The number of fused-ring (bicyclic) bond motifs is 1. The minimum absolute atomic E-state index is 0.0101. The molecule has 1 aliphatic heterocycles. The molecule has 0 radical (unpaired) electrons. The number of ether oxygens (including phenoxy) is 1. The Morgan fingerprint density at radius 3 is 2.88 bits per heavy atom. The zero-order valence-electron chi connectivity index (χ0n) is 10.5. The standard InChI is InChI=1S/C13H18N2O2/c1-4-17-10-7-5-6-9-11(10)15-12(16)13(2,3)8-14-9/h5-7,14H,4,8H2,1-3H3,(H,15,16). The zero-order chi connectivity index (χ0) is 12.5. The molecule has 1 heterocycles. The van der Waals surface area contributed by atoms with E-state index in [1.165, 1.54) is 0 Å². The third kappa shape index (κ3) is 2.20. The van der Waals surface area contributed by atoms with Crippen LogP contribution in [0.5, 0.6) is 5.75 Å². The molecule has 2 N–H and O–H groups in total. The van der Waals surface area contributed by atoms with Gasteiger partial charge in [0.05, 0.1) is 17.7 Å². The van der Waals surface area contributed by atoms with Crippen molar-refractivity contribution in [3.05, 3.63) is 18.2 Å². The van der Waals surface area contributed by atoms with Crippen LogP contribution in [0.3, 0.4) is 0 Å². The van der Waals surface area contributed by atoms with Crippen LogP contribution in [0.4, 0.5) is 11.4 Å². The number of benzene rings is 1. The van der Waals surface area contributed by atoms with Crippen molar-refractivity contribution < 1.29 is 9.53 Å². The summed E-state index contributed by atoms with van der Waals surface area (Å²) in [4.78, 5) is 12.0. The molecule has 0 aliphatic carbocycles. The van der Waals surface area contributed by atoms with Gasteiger partial charge in [0.25, 0.3) is 0 Å². The number of rotatable bonds is 2. The normalized spacial score (nSPS) is 17.5. The van der Waals surface area contributed by atoms with Gasteiger partial charge < -0.3 is 15.4 Å². The monoisotopic (exact) mass is 234 g/mol. The summed E-state index contributed by atoms with van der Waals surface area (Å²) < 4.78 is 5.52. The Bertz CT molecular complexity index is 441. The lowest BCUT2D eigenvalue weighted by molar-refractivity contribution is -0.123. The van der Waals surface area contributed by atoms with E-state index >= 15 is 0 Å². The predicted octanol–water partition coefficient (Wildman–Crippen LogP) is 2.48. The maximum atomic E-state index is 12.0. The molecule has 0 aromatic heterocycles. The first-order valence-corrected chi connectivity index (χ1v) is 5.86. The van der Waals surface area contributed by atoms with Crippen LogP contribution in [0.2, 0.25) is 0 Å². The Morgan fingerprint density at radius 1 is 1.41 bits per heavy atom. The summed E-state index contributed by atoms with van der Waals surface area (Å²) in [6, 6.07) is 5.73. The molecule has 1 aromatic rings. The first-order chi connectivity index (χ1) is 8.04. The third-order valence-corrected chi connectivity index (χ3v) is 2.90. The van der Waals surface area contributed by atoms with Gasteiger partial charge in [-0.2, -0.15) is 0 Å². The molecular formula is C13H18N2O2. The summed E-state index contributed by atoms with van der Waals surface area (Å²) in [5.74, 6) is 0.722. The highest BCUT2D eigenvalue weighted by Crippen LogP contribution is 2.36. The van der Waals surface area contributed by atoms with Gasteiger partial charge in [-0.3, -0.25) is 4.79 Å². The summed E-state index contributed by atoms with van der Waals surface area (Å²) in [5.41, 5.74) is 1.22. The largest absolute Gasteiger partial charge is 0.492 e. The molecule has 0 saturated heterocycles. The van der Waals surface area contributed by atoms with E-state index in [4.69, 9.17) is 4.74 Å². The minimum Gasteiger partial charge on any atom is -0.492 e. The molecule has 0 unspecified atom stereocenters. The van der Waals surface area contributed by atoms with Gasteiger partial charge in [-0.25, -0.2) is 0 Å². The fraction of sp³-hybridized carbons (Fsp3) is 0.462. The summed E-state index contributed by atoms with van der Waals surface area (Å²) in [6.07, 6.45) is 0. The van der Waals surface area contributed by atoms with Crippen LogP contribution in [0.1, 0.15) is 20.8 Å². The number of carbonyl (C=O) groups is 1. The second-order valence-electron chi connectivity index (χ2n) is 4.80. The maximum absolute atomic E-state index is 12.0. The highest BCUT2D eigenvalue weighted by atomic mass is 16.5.